The molecule has 20 heavy (non-hydrogen) atoms. The van der Waals surface area contributed by atoms with Crippen LogP contribution in [-0.2, 0) is 0 Å². The number of anilines is 3. The molecule has 1 aromatic carbocycles. The second-order valence-corrected chi connectivity index (χ2v) is 4.09. The van der Waals surface area contributed by atoms with E-state index in [4.69, 9.17) is 10.5 Å². The summed E-state index contributed by atoms with van der Waals surface area (Å²) in [6.07, 6.45) is 1.44. The SMILES string of the molecule is CN(CC#N)c1cc(Nc2ccc(C#N)cc2)ncn1. The third-order valence-corrected chi connectivity index (χ3v) is 2.64. The van der Waals surface area contributed by atoms with Crippen LogP contribution in [0.15, 0.2) is 36.7 Å². The molecule has 1 N–H and O–H groups in total. The lowest BCUT2D eigenvalue weighted by atomic mass is 10.2. The topological polar surface area (TPSA) is 88.6 Å². The first-order chi connectivity index (χ1) is 9.72. The van der Waals surface area contributed by atoms with E-state index in [1.165, 1.54) is 6.33 Å². The Hall–Kier alpha value is -3.12. The van der Waals surface area contributed by atoms with E-state index in [9.17, 15) is 0 Å². The van der Waals surface area contributed by atoms with Gasteiger partial charge in [0.25, 0.3) is 0 Å². The van der Waals surface area contributed by atoms with Gasteiger partial charge in [0.1, 0.15) is 24.5 Å². The van der Waals surface area contributed by atoms with Crippen LogP contribution in [-0.4, -0.2) is 23.6 Å². The van der Waals surface area contributed by atoms with Gasteiger partial charge < -0.3 is 10.2 Å². The third-order valence-electron chi connectivity index (χ3n) is 2.64. The van der Waals surface area contributed by atoms with E-state index in [1.807, 2.05) is 0 Å². The van der Waals surface area contributed by atoms with Crippen molar-refractivity contribution in [1.82, 2.24) is 9.97 Å². The molecule has 0 radical (unpaired) electrons. The van der Waals surface area contributed by atoms with E-state index in [0.717, 1.165) is 5.69 Å². The van der Waals surface area contributed by atoms with E-state index >= 15 is 0 Å². The van der Waals surface area contributed by atoms with Gasteiger partial charge in [-0.05, 0) is 24.3 Å². The number of hydrogen-bond donors (Lipinski definition) is 1. The molecule has 0 unspecified atom stereocenters. The molecule has 2 aromatic rings. The van der Waals surface area contributed by atoms with E-state index in [2.05, 4.69) is 27.4 Å². The van der Waals surface area contributed by atoms with Crippen LogP contribution in [0.2, 0.25) is 0 Å². The van der Waals surface area contributed by atoms with Crippen molar-refractivity contribution in [3.8, 4) is 12.1 Å². The van der Waals surface area contributed by atoms with Crippen LogP contribution in [0.1, 0.15) is 5.56 Å². The average molecular weight is 264 g/mol. The van der Waals surface area contributed by atoms with E-state index in [1.54, 1.807) is 42.3 Å². The monoisotopic (exact) mass is 264 g/mol. The Bertz CT molecular complexity index is 665. The number of hydrogen-bond acceptors (Lipinski definition) is 6. The molecule has 0 aliphatic heterocycles. The summed E-state index contributed by atoms with van der Waals surface area (Å²) in [7, 11) is 1.79. The molecule has 98 valence electrons. The van der Waals surface area contributed by atoms with Crippen molar-refractivity contribution in [3.63, 3.8) is 0 Å². The fourth-order valence-electron chi connectivity index (χ4n) is 1.59. The van der Waals surface area contributed by atoms with Crippen LogP contribution >= 0.6 is 0 Å². The normalized spacial score (nSPS) is 9.35. The minimum atomic E-state index is 0.257. The molecule has 1 heterocycles. The molecular formula is C14H12N6. The van der Waals surface area contributed by atoms with Crippen LogP contribution in [0, 0.1) is 22.7 Å². The largest absolute Gasteiger partial charge is 0.346 e. The van der Waals surface area contributed by atoms with Gasteiger partial charge in [-0.15, -0.1) is 0 Å². The number of nitrogens with one attached hydrogen (secondary N) is 1. The summed E-state index contributed by atoms with van der Waals surface area (Å²) in [5.74, 6) is 1.29. The van der Waals surface area contributed by atoms with Gasteiger partial charge in [-0.25, -0.2) is 9.97 Å². The zero-order valence-electron chi connectivity index (χ0n) is 10.9. The molecule has 0 atom stereocenters. The van der Waals surface area contributed by atoms with Crippen LogP contribution in [0.5, 0.6) is 0 Å². The highest BCUT2D eigenvalue weighted by Crippen LogP contribution is 2.18. The first kappa shape index (κ1) is 13.3. The number of benzene rings is 1. The summed E-state index contributed by atoms with van der Waals surface area (Å²) in [6.45, 7) is 0.257. The van der Waals surface area contributed by atoms with Gasteiger partial charge in [0.2, 0.25) is 0 Å². The molecule has 6 nitrogen and oxygen atoms in total. The van der Waals surface area contributed by atoms with E-state index in [0.29, 0.717) is 17.2 Å². The van der Waals surface area contributed by atoms with Gasteiger partial charge in [-0.2, -0.15) is 10.5 Å². The van der Waals surface area contributed by atoms with Gasteiger partial charge in [-0.1, -0.05) is 0 Å². The van der Waals surface area contributed by atoms with Gasteiger partial charge in [-0.3, -0.25) is 0 Å². The molecule has 0 amide bonds. The number of aromatic nitrogens is 2. The molecule has 1 aromatic heterocycles. The second kappa shape index (κ2) is 6.17. The molecule has 0 aliphatic rings. The summed E-state index contributed by atoms with van der Waals surface area (Å²) < 4.78 is 0. The van der Waals surface area contributed by atoms with Gasteiger partial charge in [0.15, 0.2) is 0 Å². The molecule has 0 fully saturated rings. The maximum Gasteiger partial charge on any atom is 0.135 e. The fourth-order valence-corrected chi connectivity index (χ4v) is 1.59. The summed E-state index contributed by atoms with van der Waals surface area (Å²) in [4.78, 5) is 9.96. The molecule has 0 aliphatic carbocycles. The highest BCUT2D eigenvalue weighted by Gasteiger charge is 2.04. The van der Waals surface area contributed by atoms with Crippen molar-refractivity contribution in [2.24, 2.45) is 0 Å². The van der Waals surface area contributed by atoms with Crippen molar-refractivity contribution in [2.75, 3.05) is 23.8 Å². The molecule has 6 heteroatoms. The first-order valence-electron chi connectivity index (χ1n) is 5.90. The molecule has 0 spiro atoms. The molecule has 0 saturated heterocycles. The highest BCUT2D eigenvalue weighted by atomic mass is 15.2. The van der Waals surface area contributed by atoms with E-state index < -0.39 is 0 Å². The summed E-state index contributed by atoms with van der Waals surface area (Å²) in [5, 5.41) is 20.5. The number of rotatable bonds is 4. The molecule has 0 saturated carbocycles. The lowest BCUT2D eigenvalue weighted by Gasteiger charge is -2.14. The Morgan fingerprint density at radius 3 is 2.60 bits per heavy atom. The van der Waals surface area contributed by atoms with Crippen LogP contribution in [0.4, 0.5) is 17.3 Å². The number of nitrogens with zero attached hydrogens (tertiary/aromatic N) is 5. The predicted octanol–water partition coefficient (Wildman–Crippen LogP) is 2.05. The predicted molar refractivity (Wildman–Crippen MR) is 75.4 cm³/mol. The second-order valence-electron chi connectivity index (χ2n) is 4.09. The fraction of sp³-hybridized carbons (Fsp3) is 0.143. The van der Waals surface area contributed by atoms with Crippen LogP contribution in [0.25, 0.3) is 0 Å². The maximum absolute atomic E-state index is 8.74. The average Bonchev–Trinajstić information content (AvgIpc) is 2.48. The molecule has 2 rings (SSSR count). The smallest absolute Gasteiger partial charge is 0.135 e. The zero-order chi connectivity index (χ0) is 14.4. The Labute approximate surface area is 116 Å². The molecular weight excluding hydrogens is 252 g/mol. The maximum atomic E-state index is 8.74. The van der Waals surface area contributed by atoms with Crippen molar-refractivity contribution in [1.29, 1.82) is 10.5 Å². The summed E-state index contributed by atoms with van der Waals surface area (Å²) in [5.41, 5.74) is 1.43. The lowest BCUT2D eigenvalue weighted by Crippen LogP contribution is -2.18. The Balaban J connectivity index is 2.15. The van der Waals surface area contributed by atoms with Crippen molar-refractivity contribution < 1.29 is 0 Å². The Morgan fingerprint density at radius 1 is 1.20 bits per heavy atom. The van der Waals surface area contributed by atoms with Crippen LogP contribution in [0.3, 0.4) is 0 Å². The Morgan fingerprint density at radius 2 is 1.95 bits per heavy atom. The number of nitriles is 2. The summed E-state index contributed by atoms with van der Waals surface area (Å²) in [6, 6.07) is 13.0. The van der Waals surface area contributed by atoms with Gasteiger partial charge in [0, 0.05) is 18.8 Å². The van der Waals surface area contributed by atoms with Crippen molar-refractivity contribution in [2.45, 2.75) is 0 Å². The first-order valence-corrected chi connectivity index (χ1v) is 5.90. The minimum Gasteiger partial charge on any atom is -0.346 e. The molecule has 0 bridgehead atoms. The van der Waals surface area contributed by atoms with Crippen LogP contribution < -0.4 is 10.2 Å². The van der Waals surface area contributed by atoms with Crippen molar-refractivity contribution in [3.05, 3.63) is 42.2 Å². The zero-order valence-corrected chi connectivity index (χ0v) is 10.9. The van der Waals surface area contributed by atoms with Gasteiger partial charge >= 0.3 is 0 Å². The Kier molecular flexibility index (Phi) is 4.10. The highest BCUT2D eigenvalue weighted by molar-refractivity contribution is 5.60. The minimum absolute atomic E-state index is 0.257. The third kappa shape index (κ3) is 3.21. The quantitative estimate of drug-likeness (QED) is 0.850. The standard InChI is InChI=1S/C14H12N6/c1-20(7-6-15)14-8-13(17-10-18-14)19-12-4-2-11(9-16)3-5-12/h2-5,8,10H,7H2,1H3,(H,17,18,19). The van der Waals surface area contributed by atoms with Crippen molar-refractivity contribution >= 4 is 17.3 Å². The van der Waals surface area contributed by atoms with E-state index in [-0.39, 0.29) is 6.54 Å². The van der Waals surface area contributed by atoms with Gasteiger partial charge in [0.05, 0.1) is 17.7 Å². The lowest BCUT2D eigenvalue weighted by molar-refractivity contribution is 0.981. The summed E-state index contributed by atoms with van der Waals surface area (Å²) >= 11 is 0.